The van der Waals surface area contributed by atoms with Gasteiger partial charge in [-0.15, -0.1) is 0 Å². The molecule has 16 heavy (non-hydrogen) atoms. The lowest BCUT2D eigenvalue weighted by atomic mass is 10.1. The van der Waals surface area contributed by atoms with Crippen LogP contribution in [0.4, 0.5) is 0 Å². The number of nitrogens with zero attached hydrogens (tertiary/aromatic N) is 3. The van der Waals surface area contributed by atoms with Gasteiger partial charge in [0.15, 0.2) is 5.65 Å². The third kappa shape index (κ3) is 1.60. The second-order valence-electron chi connectivity index (χ2n) is 4.50. The zero-order chi connectivity index (χ0) is 11.1. The van der Waals surface area contributed by atoms with Crippen molar-refractivity contribution < 1.29 is 0 Å². The van der Waals surface area contributed by atoms with Gasteiger partial charge in [-0.1, -0.05) is 11.6 Å². The Morgan fingerprint density at radius 3 is 3.06 bits per heavy atom. The largest absolute Gasteiger partial charge is 0.306 e. The van der Waals surface area contributed by atoms with Crippen molar-refractivity contribution in [2.75, 3.05) is 20.1 Å². The summed E-state index contributed by atoms with van der Waals surface area (Å²) in [4.78, 5) is 6.98. The van der Waals surface area contributed by atoms with Crippen LogP contribution in [-0.2, 0) is 0 Å². The molecule has 0 radical (unpaired) electrons. The molecule has 0 spiro atoms. The van der Waals surface area contributed by atoms with Crippen LogP contribution in [0.15, 0.2) is 24.5 Å². The van der Waals surface area contributed by atoms with Crippen LogP contribution >= 0.6 is 11.6 Å². The first kappa shape index (κ1) is 10.1. The van der Waals surface area contributed by atoms with Gasteiger partial charge in [0.25, 0.3) is 0 Å². The highest BCUT2D eigenvalue weighted by molar-refractivity contribution is 6.33. The summed E-state index contributed by atoms with van der Waals surface area (Å²) in [6.45, 7) is 2.26. The van der Waals surface area contributed by atoms with E-state index in [1.165, 1.54) is 6.42 Å². The Morgan fingerprint density at radius 1 is 1.50 bits per heavy atom. The highest BCUT2D eigenvalue weighted by Crippen LogP contribution is 2.27. The van der Waals surface area contributed by atoms with Gasteiger partial charge < -0.3 is 9.30 Å². The Morgan fingerprint density at radius 2 is 2.38 bits per heavy atom. The molecular formula is C12H14ClN3. The molecule has 0 aromatic carbocycles. The quantitative estimate of drug-likeness (QED) is 0.757. The van der Waals surface area contributed by atoms with E-state index in [9.17, 15) is 0 Å². The Kier molecular flexibility index (Phi) is 2.37. The Hall–Kier alpha value is -1.06. The van der Waals surface area contributed by atoms with E-state index < -0.39 is 0 Å². The summed E-state index contributed by atoms with van der Waals surface area (Å²) < 4.78 is 2.01. The molecule has 3 nitrogen and oxygen atoms in total. The highest BCUT2D eigenvalue weighted by atomic mass is 35.5. The highest BCUT2D eigenvalue weighted by Gasteiger charge is 2.23. The maximum absolute atomic E-state index is 6.11. The van der Waals surface area contributed by atoms with Gasteiger partial charge in [0.1, 0.15) is 0 Å². The van der Waals surface area contributed by atoms with E-state index in [-0.39, 0.29) is 0 Å². The normalized spacial score (nSPS) is 22.0. The molecule has 1 unspecified atom stereocenters. The predicted molar refractivity (Wildman–Crippen MR) is 65.1 cm³/mol. The van der Waals surface area contributed by atoms with Gasteiger partial charge in [0.05, 0.1) is 10.7 Å². The Balaban J connectivity index is 2.02. The summed E-state index contributed by atoms with van der Waals surface area (Å²) in [5.41, 5.74) is 2.03. The van der Waals surface area contributed by atoms with Crippen LogP contribution < -0.4 is 0 Å². The van der Waals surface area contributed by atoms with Gasteiger partial charge >= 0.3 is 0 Å². The molecule has 0 bridgehead atoms. The molecule has 1 aliphatic heterocycles. The van der Waals surface area contributed by atoms with Crippen LogP contribution in [0.1, 0.15) is 18.0 Å². The minimum atomic E-state index is 0.556. The molecular weight excluding hydrogens is 222 g/mol. The van der Waals surface area contributed by atoms with E-state index in [1.54, 1.807) is 0 Å². The standard InChI is InChI=1S/C12H14ClN3/c1-15-6-4-9(7-15)11-8-16-5-2-3-10(13)12(16)14-11/h2-3,5,8-9H,4,6-7H2,1H3. The number of fused-ring (bicyclic) bond motifs is 1. The number of likely N-dealkylation sites (tertiary alicyclic amines) is 1. The van der Waals surface area contributed by atoms with Crippen molar-refractivity contribution in [3.8, 4) is 0 Å². The van der Waals surface area contributed by atoms with E-state index in [1.807, 2.05) is 22.7 Å². The average molecular weight is 236 g/mol. The topological polar surface area (TPSA) is 20.5 Å². The second-order valence-corrected chi connectivity index (χ2v) is 4.91. The van der Waals surface area contributed by atoms with Crippen molar-refractivity contribution in [2.24, 2.45) is 0 Å². The zero-order valence-corrected chi connectivity index (χ0v) is 9.98. The van der Waals surface area contributed by atoms with E-state index in [4.69, 9.17) is 11.6 Å². The van der Waals surface area contributed by atoms with E-state index in [2.05, 4.69) is 23.1 Å². The molecule has 0 N–H and O–H groups in total. The number of rotatable bonds is 1. The van der Waals surface area contributed by atoms with Crippen molar-refractivity contribution in [1.82, 2.24) is 14.3 Å². The first-order valence-electron chi connectivity index (χ1n) is 5.56. The SMILES string of the molecule is CN1CCC(c2cn3cccc(Cl)c3n2)C1. The lowest BCUT2D eigenvalue weighted by Crippen LogP contribution is -2.13. The van der Waals surface area contributed by atoms with Gasteiger partial charge in [-0.05, 0) is 32.1 Å². The van der Waals surface area contributed by atoms with Crippen molar-refractivity contribution in [3.63, 3.8) is 0 Å². The van der Waals surface area contributed by atoms with Crippen LogP contribution in [0.5, 0.6) is 0 Å². The van der Waals surface area contributed by atoms with Crippen LogP contribution in [0.25, 0.3) is 5.65 Å². The van der Waals surface area contributed by atoms with Crippen molar-refractivity contribution in [3.05, 3.63) is 35.2 Å². The van der Waals surface area contributed by atoms with Crippen LogP contribution in [0.3, 0.4) is 0 Å². The van der Waals surface area contributed by atoms with Crippen molar-refractivity contribution >= 4 is 17.2 Å². The number of imidazole rings is 1. The number of pyridine rings is 1. The van der Waals surface area contributed by atoms with Crippen LogP contribution in [-0.4, -0.2) is 34.4 Å². The summed E-state index contributed by atoms with van der Waals surface area (Å²) >= 11 is 6.11. The smallest absolute Gasteiger partial charge is 0.155 e. The number of aromatic nitrogens is 2. The van der Waals surface area contributed by atoms with E-state index >= 15 is 0 Å². The lowest BCUT2D eigenvalue weighted by molar-refractivity contribution is 0.411. The molecule has 3 rings (SSSR count). The molecule has 2 aromatic rings. The summed E-state index contributed by atoms with van der Waals surface area (Å²) in [5, 5.41) is 0.722. The van der Waals surface area contributed by atoms with Gasteiger partial charge in [0.2, 0.25) is 0 Å². The molecule has 0 aliphatic carbocycles. The molecule has 1 atom stereocenters. The van der Waals surface area contributed by atoms with Crippen LogP contribution in [0, 0.1) is 0 Å². The average Bonchev–Trinajstić information content (AvgIpc) is 2.84. The molecule has 0 saturated carbocycles. The number of likely N-dealkylation sites (N-methyl/N-ethyl adjacent to an activating group) is 1. The third-order valence-corrected chi connectivity index (χ3v) is 3.56. The number of halogens is 1. The monoisotopic (exact) mass is 235 g/mol. The summed E-state index contributed by atoms with van der Waals surface area (Å²) in [7, 11) is 2.16. The molecule has 1 aliphatic rings. The fraction of sp³-hybridized carbons (Fsp3) is 0.417. The molecule has 1 saturated heterocycles. The summed E-state index contributed by atoms with van der Waals surface area (Å²) in [5.74, 6) is 0.556. The van der Waals surface area contributed by atoms with E-state index in [0.29, 0.717) is 5.92 Å². The Labute approximate surface area is 99.7 Å². The third-order valence-electron chi connectivity index (χ3n) is 3.26. The minimum absolute atomic E-state index is 0.556. The van der Waals surface area contributed by atoms with Crippen LogP contribution in [0.2, 0.25) is 5.02 Å². The lowest BCUT2D eigenvalue weighted by Gasteiger charge is -2.06. The maximum Gasteiger partial charge on any atom is 0.155 e. The first-order chi connectivity index (χ1) is 7.74. The predicted octanol–water partition coefficient (Wildman–Crippen LogP) is 2.41. The molecule has 3 heterocycles. The second kappa shape index (κ2) is 3.75. The molecule has 84 valence electrons. The van der Waals surface area contributed by atoms with E-state index in [0.717, 1.165) is 29.5 Å². The van der Waals surface area contributed by atoms with Gasteiger partial charge in [-0.3, -0.25) is 0 Å². The molecule has 1 fully saturated rings. The maximum atomic E-state index is 6.11. The minimum Gasteiger partial charge on any atom is -0.306 e. The zero-order valence-electron chi connectivity index (χ0n) is 9.23. The first-order valence-corrected chi connectivity index (χ1v) is 5.93. The fourth-order valence-corrected chi connectivity index (χ4v) is 2.58. The van der Waals surface area contributed by atoms with Crippen molar-refractivity contribution in [1.29, 1.82) is 0 Å². The Bertz CT molecular complexity index is 520. The fourth-order valence-electron chi connectivity index (χ4n) is 2.37. The van der Waals surface area contributed by atoms with Crippen molar-refractivity contribution in [2.45, 2.75) is 12.3 Å². The van der Waals surface area contributed by atoms with Gasteiger partial charge in [-0.25, -0.2) is 4.98 Å². The van der Waals surface area contributed by atoms with Gasteiger partial charge in [-0.2, -0.15) is 0 Å². The molecule has 0 amide bonds. The molecule has 4 heteroatoms. The molecule has 2 aromatic heterocycles. The number of hydrogen-bond acceptors (Lipinski definition) is 2. The number of hydrogen-bond donors (Lipinski definition) is 0. The van der Waals surface area contributed by atoms with Gasteiger partial charge in [0, 0.05) is 24.9 Å². The summed E-state index contributed by atoms with van der Waals surface area (Å²) in [6, 6.07) is 3.83. The summed E-state index contributed by atoms with van der Waals surface area (Å²) in [6.07, 6.45) is 5.29.